The minimum Gasteiger partial charge on any atom is -0.349 e. The van der Waals surface area contributed by atoms with E-state index in [4.69, 9.17) is 0 Å². The Morgan fingerprint density at radius 2 is 1.67 bits per heavy atom. The van der Waals surface area contributed by atoms with Gasteiger partial charge in [0.2, 0.25) is 0 Å². The van der Waals surface area contributed by atoms with Crippen LogP contribution in [0.4, 0.5) is 5.69 Å². The van der Waals surface area contributed by atoms with Crippen molar-refractivity contribution in [3.63, 3.8) is 0 Å². The monoisotopic (exact) mass is 384 g/mol. The number of aryl methyl sites for hydroxylation is 1. The van der Waals surface area contributed by atoms with E-state index in [2.05, 4.69) is 10.0 Å². The summed E-state index contributed by atoms with van der Waals surface area (Å²) in [4.78, 5) is 12.7. The molecular formula is C21H24N2O3S. The molecule has 0 unspecified atom stereocenters. The van der Waals surface area contributed by atoms with E-state index in [1.54, 1.807) is 48.5 Å². The number of anilines is 1. The predicted octanol–water partition coefficient (Wildman–Crippen LogP) is 3.71. The topological polar surface area (TPSA) is 75.3 Å². The Balaban J connectivity index is 1.41. The van der Waals surface area contributed by atoms with Crippen molar-refractivity contribution in [1.82, 2.24) is 5.32 Å². The summed E-state index contributed by atoms with van der Waals surface area (Å²) in [5.74, 6) is 1.32. The van der Waals surface area contributed by atoms with Crippen LogP contribution in [-0.2, 0) is 10.0 Å². The molecule has 2 bridgehead atoms. The molecule has 5 nitrogen and oxygen atoms in total. The van der Waals surface area contributed by atoms with Crippen molar-refractivity contribution in [2.24, 2.45) is 11.8 Å². The maximum Gasteiger partial charge on any atom is 0.261 e. The highest BCUT2D eigenvalue weighted by molar-refractivity contribution is 7.92. The first kappa shape index (κ1) is 18.0. The Hall–Kier alpha value is -2.34. The standard InChI is InChI=1S/C21H24N2O3S/c1-14-2-10-19(11-3-14)27(25,26)23-18-8-6-16(7-9-18)21(24)22-20-13-15-4-5-17(20)12-15/h2-3,6-11,15,17,20,23H,4-5,12-13H2,1H3,(H,22,24)/t15-,17+,20+/m0/s1. The smallest absolute Gasteiger partial charge is 0.261 e. The number of amides is 1. The summed E-state index contributed by atoms with van der Waals surface area (Å²) in [5, 5.41) is 3.15. The van der Waals surface area contributed by atoms with Gasteiger partial charge >= 0.3 is 0 Å². The summed E-state index contributed by atoms with van der Waals surface area (Å²) < 4.78 is 27.4. The summed E-state index contributed by atoms with van der Waals surface area (Å²) in [6.45, 7) is 1.91. The van der Waals surface area contributed by atoms with E-state index in [0.29, 0.717) is 17.2 Å². The van der Waals surface area contributed by atoms with Crippen LogP contribution in [0.2, 0.25) is 0 Å². The van der Waals surface area contributed by atoms with Gasteiger partial charge in [-0.3, -0.25) is 9.52 Å². The molecule has 2 aromatic carbocycles. The zero-order valence-corrected chi connectivity index (χ0v) is 16.1. The van der Waals surface area contributed by atoms with Crippen LogP contribution in [0.5, 0.6) is 0 Å². The quantitative estimate of drug-likeness (QED) is 0.825. The van der Waals surface area contributed by atoms with E-state index >= 15 is 0 Å². The second-order valence-corrected chi connectivity index (χ2v) is 9.43. The molecule has 0 spiro atoms. The molecule has 2 aliphatic rings. The number of nitrogens with one attached hydrogen (secondary N) is 2. The second kappa shape index (κ2) is 7.00. The van der Waals surface area contributed by atoms with Gasteiger partial charge in [-0.2, -0.15) is 0 Å². The molecule has 3 atom stereocenters. The fourth-order valence-electron chi connectivity index (χ4n) is 4.29. The average molecular weight is 385 g/mol. The summed E-state index contributed by atoms with van der Waals surface area (Å²) >= 11 is 0. The van der Waals surface area contributed by atoms with Crippen molar-refractivity contribution in [1.29, 1.82) is 0 Å². The summed E-state index contributed by atoms with van der Waals surface area (Å²) in [7, 11) is -3.64. The maximum absolute atomic E-state index is 12.5. The van der Waals surface area contributed by atoms with Gasteiger partial charge in [-0.05, 0) is 74.4 Å². The molecule has 27 heavy (non-hydrogen) atoms. The Bertz CT molecular complexity index is 936. The minimum atomic E-state index is -3.64. The molecule has 0 heterocycles. The lowest BCUT2D eigenvalue weighted by molar-refractivity contribution is 0.0923. The molecule has 2 N–H and O–H groups in total. The number of sulfonamides is 1. The van der Waals surface area contributed by atoms with Crippen LogP contribution in [0.15, 0.2) is 53.4 Å². The van der Waals surface area contributed by atoms with Gasteiger partial charge in [0.1, 0.15) is 0 Å². The van der Waals surface area contributed by atoms with Crippen molar-refractivity contribution in [2.75, 3.05) is 4.72 Å². The third-order valence-corrected chi connectivity index (χ3v) is 7.18. The fourth-order valence-corrected chi connectivity index (χ4v) is 5.35. The van der Waals surface area contributed by atoms with Crippen LogP contribution in [-0.4, -0.2) is 20.4 Å². The number of hydrogen-bond donors (Lipinski definition) is 2. The predicted molar refractivity (Wildman–Crippen MR) is 105 cm³/mol. The van der Waals surface area contributed by atoms with Gasteiger partial charge in [-0.1, -0.05) is 24.1 Å². The van der Waals surface area contributed by atoms with Gasteiger partial charge in [-0.25, -0.2) is 8.42 Å². The van der Waals surface area contributed by atoms with Crippen LogP contribution in [0.3, 0.4) is 0 Å². The van der Waals surface area contributed by atoms with Crippen molar-refractivity contribution < 1.29 is 13.2 Å². The van der Waals surface area contributed by atoms with Crippen LogP contribution in [0.25, 0.3) is 0 Å². The van der Waals surface area contributed by atoms with Crippen molar-refractivity contribution in [3.05, 3.63) is 59.7 Å². The highest BCUT2D eigenvalue weighted by atomic mass is 32.2. The molecule has 2 fully saturated rings. The Morgan fingerprint density at radius 3 is 2.26 bits per heavy atom. The van der Waals surface area contributed by atoms with E-state index in [9.17, 15) is 13.2 Å². The maximum atomic E-state index is 12.5. The molecule has 0 aromatic heterocycles. The molecule has 4 rings (SSSR count). The van der Waals surface area contributed by atoms with Gasteiger partial charge in [0.25, 0.3) is 15.9 Å². The van der Waals surface area contributed by atoms with E-state index in [1.165, 1.54) is 19.3 Å². The Labute approximate surface area is 160 Å². The van der Waals surface area contributed by atoms with Crippen LogP contribution in [0.1, 0.15) is 41.6 Å². The first-order valence-corrected chi connectivity index (χ1v) is 10.9. The lowest BCUT2D eigenvalue weighted by Gasteiger charge is -2.22. The van der Waals surface area contributed by atoms with Gasteiger partial charge < -0.3 is 5.32 Å². The lowest BCUT2D eigenvalue weighted by atomic mass is 9.95. The molecule has 142 valence electrons. The van der Waals surface area contributed by atoms with Crippen molar-refractivity contribution >= 4 is 21.6 Å². The molecule has 0 radical (unpaired) electrons. The first-order valence-electron chi connectivity index (χ1n) is 9.41. The minimum absolute atomic E-state index is 0.0829. The molecule has 0 saturated heterocycles. The number of carbonyl (C=O) groups excluding carboxylic acids is 1. The first-order chi connectivity index (χ1) is 12.9. The third-order valence-electron chi connectivity index (χ3n) is 5.79. The number of rotatable bonds is 5. The van der Waals surface area contributed by atoms with Crippen molar-refractivity contribution in [3.8, 4) is 0 Å². The molecule has 6 heteroatoms. The van der Waals surface area contributed by atoms with Gasteiger partial charge in [0.05, 0.1) is 4.90 Å². The second-order valence-electron chi connectivity index (χ2n) is 7.75. The van der Waals surface area contributed by atoms with Crippen LogP contribution >= 0.6 is 0 Å². The lowest BCUT2D eigenvalue weighted by Crippen LogP contribution is -2.38. The molecule has 2 saturated carbocycles. The molecule has 0 aliphatic heterocycles. The fraction of sp³-hybridized carbons (Fsp3) is 0.381. The van der Waals surface area contributed by atoms with E-state index < -0.39 is 10.0 Å². The van der Waals surface area contributed by atoms with Gasteiger partial charge in [0.15, 0.2) is 0 Å². The third kappa shape index (κ3) is 3.86. The highest BCUT2D eigenvalue weighted by Crippen LogP contribution is 2.44. The highest BCUT2D eigenvalue weighted by Gasteiger charge is 2.40. The van der Waals surface area contributed by atoms with Crippen LogP contribution < -0.4 is 10.0 Å². The van der Waals surface area contributed by atoms with Crippen LogP contribution in [0, 0.1) is 18.8 Å². The molecule has 2 aliphatic carbocycles. The largest absolute Gasteiger partial charge is 0.349 e. The number of fused-ring (bicyclic) bond motifs is 2. The molecular weight excluding hydrogens is 360 g/mol. The van der Waals surface area contributed by atoms with E-state index in [-0.39, 0.29) is 16.8 Å². The zero-order chi connectivity index (χ0) is 19.0. The average Bonchev–Trinajstić information content (AvgIpc) is 3.25. The Kier molecular flexibility index (Phi) is 4.68. The number of benzene rings is 2. The van der Waals surface area contributed by atoms with Gasteiger partial charge in [0, 0.05) is 17.3 Å². The summed E-state index contributed by atoms with van der Waals surface area (Å²) in [6.07, 6.45) is 4.84. The SMILES string of the molecule is Cc1ccc(S(=O)(=O)Nc2ccc(C(=O)N[C@@H]3C[C@H]4CC[C@@H]3C4)cc2)cc1. The van der Waals surface area contributed by atoms with Crippen molar-refractivity contribution in [2.45, 2.75) is 43.5 Å². The zero-order valence-electron chi connectivity index (χ0n) is 15.3. The number of carbonyl (C=O) groups is 1. The summed E-state index contributed by atoms with van der Waals surface area (Å²) in [5.41, 5.74) is 1.99. The Morgan fingerprint density at radius 1 is 0.963 bits per heavy atom. The summed E-state index contributed by atoms with van der Waals surface area (Å²) in [6, 6.07) is 13.5. The van der Waals surface area contributed by atoms with E-state index in [0.717, 1.165) is 17.9 Å². The van der Waals surface area contributed by atoms with E-state index in [1.807, 2.05) is 6.92 Å². The normalized spacial score (nSPS) is 24.0. The molecule has 1 amide bonds. The molecule has 2 aromatic rings. The number of hydrogen-bond acceptors (Lipinski definition) is 3. The van der Waals surface area contributed by atoms with Gasteiger partial charge in [-0.15, -0.1) is 0 Å².